The van der Waals surface area contributed by atoms with Crippen LogP contribution < -0.4 is 5.73 Å². The van der Waals surface area contributed by atoms with Crippen LogP contribution in [0.25, 0.3) is 0 Å². The molecule has 3 N–H and O–H groups in total. The van der Waals surface area contributed by atoms with Gasteiger partial charge in [0.15, 0.2) is 0 Å². The summed E-state index contributed by atoms with van der Waals surface area (Å²) in [4.78, 5) is 0. The van der Waals surface area contributed by atoms with Crippen molar-refractivity contribution >= 4 is 0 Å². The molecule has 0 spiro atoms. The Labute approximate surface area is 56.1 Å². The summed E-state index contributed by atoms with van der Waals surface area (Å²) in [6.45, 7) is 0.327. The van der Waals surface area contributed by atoms with Crippen LogP contribution in [0.5, 0.6) is 0 Å². The number of nitrogens with two attached hydrogens (primary N) is 1. The zero-order valence-corrected chi connectivity index (χ0v) is 5.71. The lowest BCUT2D eigenvalue weighted by atomic mass is 9.87. The van der Waals surface area contributed by atoms with Gasteiger partial charge in [-0.05, 0) is 25.2 Å². The normalized spacial score (nSPS) is 36.7. The molecular weight excluding hydrogens is 114 g/mol. The number of hydrogen-bond donors (Lipinski definition) is 2. The maximum Gasteiger partial charge on any atom is 0.0459 e. The number of rotatable bonds is 1. The van der Waals surface area contributed by atoms with Crippen LogP contribution in [0.3, 0.4) is 0 Å². The highest BCUT2D eigenvalue weighted by Gasteiger charge is 2.17. The molecule has 2 nitrogen and oxygen atoms in total. The lowest BCUT2D eigenvalue weighted by molar-refractivity contribution is 0.180. The molecule has 1 unspecified atom stereocenters. The molecule has 0 amide bonds. The minimum atomic E-state index is 0.327. The lowest BCUT2D eigenvalue weighted by Crippen LogP contribution is -2.29. The average molecular weight is 129 g/mol. The fourth-order valence-corrected chi connectivity index (χ4v) is 1.50. The van der Waals surface area contributed by atoms with Crippen LogP contribution in [0, 0.1) is 5.92 Å². The van der Waals surface area contributed by atoms with E-state index in [0.29, 0.717) is 18.6 Å². The predicted octanol–water partition coefficient (Wildman–Crippen LogP) is 0.496. The van der Waals surface area contributed by atoms with E-state index < -0.39 is 0 Å². The highest BCUT2D eigenvalue weighted by atomic mass is 16.3. The first-order valence-corrected chi connectivity index (χ1v) is 3.69. The van der Waals surface area contributed by atoms with Crippen molar-refractivity contribution < 1.29 is 5.11 Å². The first-order chi connectivity index (χ1) is 4.33. The zero-order chi connectivity index (χ0) is 6.69. The molecule has 0 aromatic rings. The van der Waals surface area contributed by atoms with Gasteiger partial charge in [-0.1, -0.05) is 6.42 Å². The van der Waals surface area contributed by atoms with E-state index in [0.717, 1.165) is 12.8 Å². The van der Waals surface area contributed by atoms with Gasteiger partial charge in [-0.3, -0.25) is 0 Å². The van der Waals surface area contributed by atoms with Crippen LogP contribution in [0.15, 0.2) is 0 Å². The molecule has 54 valence electrons. The van der Waals surface area contributed by atoms with Gasteiger partial charge in [-0.2, -0.15) is 0 Å². The minimum absolute atomic E-state index is 0.327. The van der Waals surface area contributed by atoms with E-state index in [9.17, 15) is 0 Å². The summed E-state index contributed by atoms with van der Waals surface area (Å²) in [6, 6.07) is 0.357. The van der Waals surface area contributed by atoms with Gasteiger partial charge in [0, 0.05) is 12.6 Å². The van der Waals surface area contributed by atoms with Crippen molar-refractivity contribution in [2.75, 3.05) is 6.61 Å². The Balaban J connectivity index is 2.23. The largest absolute Gasteiger partial charge is 0.396 e. The molecular formula is C7H15NO. The molecule has 1 fully saturated rings. The Hall–Kier alpha value is -0.0800. The van der Waals surface area contributed by atoms with Gasteiger partial charge in [0.1, 0.15) is 0 Å². The molecule has 0 aliphatic heterocycles. The molecule has 0 saturated heterocycles. The standard InChI is InChI=1S/C7H15NO/c8-7-3-1-2-6(4-7)5-9/h6-7,9H,1-5,8H2/t6?,7-/m1/s1. The molecule has 2 heteroatoms. The molecule has 9 heavy (non-hydrogen) atoms. The molecule has 0 aromatic heterocycles. The van der Waals surface area contributed by atoms with E-state index in [2.05, 4.69) is 0 Å². The lowest BCUT2D eigenvalue weighted by Gasteiger charge is -2.24. The topological polar surface area (TPSA) is 46.2 Å². The van der Waals surface area contributed by atoms with E-state index in [-0.39, 0.29) is 0 Å². The van der Waals surface area contributed by atoms with Gasteiger partial charge in [-0.15, -0.1) is 0 Å². The van der Waals surface area contributed by atoms with Crippen LogP contribution in [-0.2, 0) is 0 Å². The van der Waals surface area contributed by atoms with Gasteiger partial charge in [-0.25, -0.2) is 0 Å². The molecule has 0 bridgehead atoms. The summed E-state index contributed by atoms with van der Waals surface area (Å²) in [5.74, 6) is 0.494. The smallest absolute Gasteiger partial charge is 0.0459 e. The number of aliphatic hydroxyl groups excluding tert-OH is 1. The van der Waals surface area contributed by atoms with E-state index in [1.165, 1.54) is 12.8 Å². The van der Waals surface area contributed by atoms with Gasteiger partial charge in [0.25, 0.3) is 0 Å². The van der Waals surface area contributed by atoms with Gasteiger partial charge >= 0.3 is 0 Å². The molecule has 1 aliphatic rings. The number of aliphatic hydroxyl groups is 1. The Morgan fingerprint density at radius 2 is 2.22 bits per heavy atom. The van der Waals surface area contributed by atoms with Gasteiger partial charge in [0.05, 0.1) is 0 Å². The Morgan fingerprint density at radius 1 is 1.44 bits per heavy atom. The number of hydrogen-bond acceptors (Lipinski definition) is 2. The van der Waals surface area contributed by atoms with Crippen LogP contribution in [0.4, 0.5) is 0 Å². The van der Waals surface area contributed by atoms with E-state index >= 15 is 0 Å². The molecule has 1 aliphatic carbocycles. The summed E-state index contributed by atoms with van der Waals surface area (Å²) in [5.41, 5.74) is 5.69. The average Bonchev–Trinajstić information content (AvgIpc) is 1.88. The third-order valence-corrected chi connectivity index (χ3v) is 2.08. The fraction of sp³-hybridized carbons (Fsp3) is 1.00. The molecule has 2 atom stereocenters. The summed E-state index contributed by atoms with van der Waals surface area (Å²) in [7, 11) is 0. The maximum absolute atomic E-state index is 8.75. The van der Waals surface area contributed by atoms with Crippen molar-refractivity contribution in [1.82, 2.24) is 0 Å². The summed E-state index contributed by atoms with van der Waals surface area (Å²) >= 11 is 0. The summed E-state index contributed by atoms with van der Waals surface area (Å²) in [5, 5.41) is 8.75. The van der Waals surface area contributed by atoms with Crippen LogP contribution in [-0.4, -0.2) is 17.8 Å². The summed E-state index contributed by atoms with van der Waals surface area (Å²) in [6.07, 6.45) is 4.55. The predicted molar refractivity (Wildman–Crippen MR) is 37.0 cm³/mol. The zero-order valence-electron chi connectivity index (χ0n) is 5.71. The third kappa shape index (κ3) is 1.95. The Bertz CT molecular complexity index is 85.0. The minimum Gasteiger partial charge on any atom is -0.396 e. The molecule has 0 radical (unpaired) electrons. The molecule has 0 aromatic carbocycles. The van der Waals surface area contributed by atoms with Crippen molar-refractivity contribution in [3.8, 4) is 0 Å². The third-order valence-electron chi connectivity index (χ3n) is 2.08. The monoisotopic (exact) mass is 129 g/mol. The van der Waals surface area contributed by atoms with Gasteiger partial charge in [0.2, 0.25) is 0 Å². The second-order valence-electron chi connectivity index (χ2n) is 2.98. The second-order valence-corrected chi connectivity index (χ2v) is 2.98. The van der Waals surface area contributed by atoms with Crippen LogP contribution >= 0.6 is 0 Å². The highest BCUT2D eigenvalue weighted by molar-refractivity contribution is 4.73. The quantitative estimate of drug-likeness (QED) is 0.541. The van der Waals surface area contributed by atoms with Crippen molar-refractivity contribution in [3.63, 3.8) is 0 Å². The van der Waals surface area contributed by atoms with Crippen LogP contribution in [0.2, 0.25) is 0 Å². The first-order valence-electron chi connectivity index (χ1n) is 3.69. The first kappa shape index (κ1) is 7.03. The molecule has 1 rings (SSSR count). The van der Waals surface area contributed by atoms with E-state index in [4.69, 9.17) is 10.8 Å². The van der Waals surface area contributed by atoms with Crippen LogP contribution in [0.1, 0.15) is 25.7 Å². The maximum atomic E-state index is 8.75. The fourth-order valence-electron chi connectivity index (χ4n) is 1.50. The second kappa shape index (κ2) is 3.18. The SMILES string of the molecule is N[C@@H]1CCCC(CO)C1. The van der Waals surface area contributed by atoms with Gasteiger partial charge < -0.3 is 10.8 Å². The van der Waals surface area contributed by atoms with Crippen molar-refractivity contribution in [2.24, 2.45) is 11.7 Å². The summed E-state index contributed by atoms with van der Waals surface area (Å²) < 4.78 is 0. The van der Waals surface area contributed by atoms with Crippen molar-refractivity contribution in [2.45, 2.75) is 31.7 Å². The molecule has 0 heterocycles. The highest BCUT2D eigenvalue weighted by Crippen LogP contribution is 2.21. The molecule has 1 saturated carbocycles. The Morgan fingerprint density at radius 3 is 2.67 bits per heavy atom. The van der Waals surface area contributed by atoms with E-state index in [1.807, 2.05) is 0 Å². The Kier molecular flexibility index (Phi) is 2.49. The van der Waals surface area contributed by atoms with Crippen molar-refractivity contribution in [3.05, 3.63) is 0 Å². The van der Waals surface area contributed by atoms with Crippen molar-refractivity contribution in [1.29, 1.82) is 0 Å². The van der Waals surface area contributed by atoms with E-state index in [1.54, 1.807) is 0 Å².